The van der Waals surface area contributed by atoms with Gasteiger partial charge >= 0.3 is 0 Å². The first-order valence-electron chi connectivity index (χ1n) is 16.1. The van der Waals surface area contributed by atoms with Crippen LogP contribution in [0.4, 0.5) is 5.69 Å². The summed E-state index contributed by atoms with van der Waals surface area (Å²) in [5.74, 6) is 0.558. The van der Waals surface area contributed by atoms with Crippen LogP contribution in [-0.2, 0) is 47.4 Å². The Bertz CT molecular complexity index is 816. The number of rotatable bonds is 33. The highest BCUT2D eigenvalue weighted by molar-refractivity contribution is 5.35. The maximum atomic E-state index is 10.6. The Balaban J connectivity index is 1.15. The summed E-state index contributed by atoms with van der Waals surface area (Å²) in [6.07, 6.45) is 2.52. The quantitative estimate of drug-likeness (QED) is 0.0661. The molecule has 1 aromatic rings. The summed E-state index contributed by atoms with van der Waals surface area (Å²) < 4.78 is 60.5. The minimum absolute atomic E-state index is 0.0272. The van der Waals surface area contributed by atoms with Crippen molar-refractivity contribution in [2.75, 3.05) is 145 Å². The minimum atomic E-state index is -0.450. The molecule has 1 aliphatic rings. The Morgan fingerprint density at radius 3 is 1.20 bits per heavy atom. The molecule has 0 saturated carbocycles. The number of benzene rings is 1. The summed E-state index contributed by atoms with van der Waals surface area (Å²) in [4.78, 5) is 10.2. The number of hydrogen-bond acceptors (Lipinski definition) is 14. The van der Waals surface area contributed by atoms with Crippen LogP contribution < -0.4 is 10.1 Å². The molecule has 46 heavy (non-hydrogen) atoms. The van der Waals surface area contributed by atoms with Gasteiger partial charge in [0.1, 0.15) is 12.4 Å². The number of piperidine rings is 1. The topological polar surface area (TPSA) is 157 Å². The molecule has 0 aromatic heterocycles. The molecule has 266 valence electrons. The van der Waals surface area contributed by atoms with Crippen LogP contribution in [0.3, 0.4) is 0 Å². The molecule has 1 saturated heterocycles. The fourth-order valence-electron chi connectivity index (χ4n) is 3.98. The molecule has 15 nitrogen and oxygen atoms in total. The maximum Gasteiger partial charge on any atom is 0.269 e. The lowest BCUT2D eigenvalue weighted by molar-refractivity contribution is -0.384. The van der Waals surface area contributed by atoms with Crippen molar-refractivity contribution in [1.29, 1.82) is 0 Å². The Morgan fingerprint density at radius 2 is 0.848 bits per heavy atom. The molecular formula is C31H54N2O13. The summed E-state index contributed by atoms with van der Waals surface area (Å²) in [6, 6.07) is 5.92. The van der Waals surface area contributed by atoms with Crippen molar-refractivity contribution in [3.8, 4) is 5.75 Å². The van der Waals surface area contributed by atoms with E-state index in [1.54, 1.807) is 12.1 Å². The van der Waals surface area contributed by atoms with Gasteiger partial charge in [0.15, 0.2) is 0 Å². The van der Waals surface area contributed by atoms with Crippen LogP contribution in [-0.4, -0.2) is 156 Å². The third kappa shape index (κ3) is 24.2. The summed E-state index contributed by atoms with van der Waals surface area (Å²) in [6.45, 7) is 12.0. The zero-order valence-corrected chi connectivity index (χ0v) is 27.1. The second-order valence-electron chi connectivity index (χ2n) is 9.93. The first-order chi connectivity index (χ1) is 22.8. The fourth-order valence-corrected chi connectivity index (χ4v) is 3.98. The van der Waals surface area contributed by atoms with Crippen molar-refractivity contribution in [3.05, 3.63) is 34.4 Å². The standard InChI is InChI=1S/C31H54N2O13/c34-33(35)29-1-3-30(4-2-29)45-27-25-43-23-21-41-19-17-39-15-13-37-11-9-36-10-12-38-14-16-40-18-20-42-22-24-44-26-28-46-31-5-7-32-8-6-31/h1-4,31-32H,5-28H2. The van der Waals surface area contributed by atoms with Gasteiger partial charge < -0.3 is 57.4 Å². The normalized spacial score (nSPS) is 13.7. The lowest BCUT2D eigenvalue weighted by Gasteiger charge is -2.22. The van der Waals surface area contributed by atoms with Gasteiger partial charge in [0, 0.05) is 12.1 Å². The van der Waals surface area contributed by atoms with Crippen molar-refractivity contribution in [2.45, 2.75) is 18.9 Å². The van der Waals surface area contributed by atoms with E-state index in [9.17, 15) is 10.1 Å². The van der Waals surface area contributed by atoms with Gasteiger partial charge in [-0.2, -0.15) is 0 Å². The number of nitrogens with zero attached hydrogens (tertiary/aromatic N) is 1. The van der Waals surface area contributed by atoms with E-state index in [0.29, 0.717) is 144 Å². The lowest BCUT2D eigenvalue weighted by atomic mass is 10.1. The molecule has 0 aliphatic carbocycles. The SMILES string of the molecule is O=[N+]([O-])c1ccc(OCCOCCOCCOCCOCCOCCOCCOCCOCCOCCOC2CCNCC2)cc1. The molecule has 1 aromatic carbocycles. The fraction of sp³-hybridized carbons (Fsp3) is 0.806. The van der Waals surface area contributed by atoms with Crippen molar-refractivity contribution >= 4 is 5.69 Å². The second kappa shape index (κ2) is 30.3. The molecule has 1 heterocycles. The predicted molar refractivity (Wildman–Crippen MR) is 168 cm³/mol. The van der Waals surface area contributed by atoms with E-state index < -0.39 is 4.92 Å². The number of nitro benzene ring substituents is 1. The third-order valence-corrected chi connectivity index (χ3v) is 6.39. The Kier molecular flexibility index (Phi) is 26.5. The summed E-state index contributed by atoms with van der Waals surface area (Å²) in [7, 11) is 0. The molecule has 1 aliphatic heterocycles. The molecule has 0 unspecified atom stereocenters. The molecule has 0 atom stereocenters. The highest BCUT2D eigenvalue weighted by Crippen LogP contribution is 2.17. The number of hydrogen-bond donors (Lipinski definition) is 1. The Hall–Kier alpha value is -2.02. The van der Waals surface area contributed by atoms with Crippen LogP contribution in [0.1, 0.15) is 12.8 Å². The van der Waals surface area contributed by atoms with Crippen LogP contribution in [0.2, 0.25) is 0 Å². The zero-order chi connectivity index (χ0) is 32.6. The van der Waals surface area contributed by atoms with E-state index in [2.05, 4.69) is 5.32 Å². The van der Waals surface area contributed by atoms with Gasteiger partial charge in [0.25, 0.3) is 5.69 Å². The Labute approximate surface area is 272 Å². The third-order valence-electron chi connectivity index (χ3n) is 6.39. The van der Waals surface area contributed by atoms with Gasteiger partial charge in [0.05, 0.1) is 137 Å². The van der Waals surface area contributed by atoms with Gasteiger partial charge in [0.2, 0.25) is 0 Å². The van der Waals surface area contributed by atoms with Crippen molar-refractivity contribution < 1.29 is 57.0 Å². The maximum absolute atomic E-state index is 10.6. The molecule has 0 radical (unpaired) electrons. The van der Waals surface area contributed by atoms with Gasteiger partial charge in [-0.05, 0) is 38.1 Å². The van der Waals surface area contributed by atoms with Crippen LogP contribution in [0, 0.1) is 10.1 Å². The van der Waals surface area contributed by atoms with Crippen molar-refractivity contribution in [2.24, 2.45) is 0 Å². The van der Waals surface area contributed by atoms with E-state index in [4.69, 9.17) is 52.1 Å². The Morgan fingerprint density at radius 1 is 0.522 bits per heavy atom. The minimum Gasteiger partial charge on any atom is -0.491 e. The molecule has 2 rings (SSSR count). The molecule has 1 fully saturated rings. The first kappa shape index (κ1) is 40.2. The largest absolute Gasteiger partial charge is 0.491 e. The van der Waals surface area contributed by atoms with Gasteiger partial charge in [-0.1, -0.05) is 0 Å². The molecule has 0 amide bonds. The predicted octanol–water partition coefficient (Wildman–Crippen LogP) is 1.89. The van der Waals surface area contributed by atoms with Crippen LogP contribution in [0.5, 0.6) is 5.75 Å². The summed E-state index contributed by atoms with van der Waals surface area (Å²) in [5, 5.41) is 14.0. The number of non-ortho nitro benzene ring substituents is 1. The van der Waals surface area contributed by atoms with Gasteiger partial charge in [-0.25, -0.2) is 0 Å². The first-order valence-corrected chi connectivity index (χ1v) is 16.1. The molecule has 0 spiro atoms. The molecule has 0 bridgehead atoms. The monoisotopic (exact) mass is 662 g/mol. The average Bonchev–Trinajstić information content (AvgIpc) is 3.08. The molecule has 15 heteroatoms. The smallest absolute Gasteiger partial charge is 0.269 e. The number of nitro groups is 1. The van der Waals surface area contributed by atoms with Crippen LogP contribution in [0.15, 0.2) is 24.3 Å². The van der Waals surface area contributed by atoms with Gasteiger partial charge in [-0.3, -0.25) is 10.1 Å². The molecule has 1 N–H and O–H groups in total. The van der Waals surface area contributed by atoms with Crippen LogP contribution in [0.25, 0.3) is 0 Å². The van der Waals surface area contributed by atoms with E-state index in [1.165, 1.54) is 12.1 Å². The zero-order valence-electron chi connectivity index (χ0n) is 27.1. The molecular weight excluding hydrogens is 608 g/mol. The number of nitrogens with one attached hydrogen (secondary N) is 1. The van der Waals surface area contributed by atoms with Crippen molar-refractivity contribution in [1.82, 2.24) is 5.32 Å². The highest BCUT2D eigenvalue weighted by Gasteiger charge is 2.12. The summed E-state index contributed by atoms with van der Waals surface area (Å²) in [5.41, 5.74) is 0.0272. The van der Waals surface area contributed by atoms with E-state index in [-0.39, 0.29) is 5.69 Å². The highest BCUT2D eigenvalue weighted by atomic mass is 16.6. The van der Waals surface area contributed by atoms with E-state index in [0.717, 1.165) is 25.9 Å². The van der Waals surface area contributed by atoms with Crippen LogP contribution >= 0.6 is 0 Å². The average molecular weight is 663 g/mol. The summed E-state index contributed by atoms with van der Waals surface area (Å²) >= 11 is 0. The second-order valence-corrected chi connectivity index (χ2v) is 9.93. The number of ether oxygens (including phenoxy) is 11. The van der Waals surface area contributed by atoms with Gasteiger partial charge in [-0.15, -0.1) is 0 Å². The van der Waals surface area contributed by atoms with E-state index >= 15 is 0 Å². The van der Waals surface area contributed by atoms with E-state index in [1.807, 2.05) is 0 Å². The van der Waals surface area contributed by atoms with Crippen molar-refractivity contribution in [3.63, 3.8) is 0 Å². The lowest BCUT2D eigenvalue weighted by Crippen LogP contribution is -2.33.